The maximum Gasteiger partial charge on any atom is 0.261 e. The number of nitrogens with zero attached hydrogens (tertiary/aromatic N) is 1. The van der Waals surface area contributed by atoms with E-state index in [1.807, 2.05) is 0 Å². The number of rotatable bonds is 5. The molecule has 0 radical (unpaired) electrons. The number of hydrogen-bond donors (Lipinski definition) is 2. The highest BCUT2D eigenvalue weighted by Crippen LogP contribution is 2.22. The first-order chi connectivity index (χ1) is 11.1. The van der Waals surface area contributed by atoms with Crippen LogP contribution >= 0.6 is 0 Å². The number of carbonyl (C=O) groups excluding carboxylic acids is 3. The highest BCUT2D eigenvalue weighted by Gasteiger charge is 2.35. The van der Waals surface area contributed by atoms with Crippen molar-refractivity contribution in [3.05, 3.63) is 35.4 Å². The monoisotopic (exact) mass is 317 g/mol. The van der Waals surface area contributed by atoms with Crippen molar-refractivity contribution in [2.45, 2.75) is 25.0 Å². The molecule has 2 aliphatic heterocycles. The molecule has 1 aromatic carbocycles. The van der Waals surface area contributed by atoms with Gasteiger partial charge in [0.25, 0.3) is 11.8 Å². The van der Waals surface area contributed by atoms with E-state index in [9.17, 15) is 14.4 Å². The third-order valence-electron chi connectivity index (χ3n) is 4.18. The third kappa shape index (κ3) is 2.97. The molecule has 2 atom stereocenters. The second-order valence-corrected chi connectivity index (χ2v) is 5.66. The second kappa shape index (κ2) is 6.47. The van der Waals surface area contributed by atoms with Crippen molar-refractivity contribution in [3.8, 4) is 0 Å². The summed E-state index contributed by atoms with van der Waals surface area (Å²) in [5, 5.41) is 2.71. The van der Waals surface area contributed by atoms with Gasteiger partial charge >= 0.3 is 0 Å². The minimum Gasteiger partial charge on any atom is -0.364 e. The van der Waals surface area contributed by atoms with Gasteiger partial charge in [-0.25, -0.2) is 0 Å². The molecular formula is C16H19N3O4. The number of nitrogens with one attached hydrogen (secondary N) is 1. The molecule has 3 N–H and O–H groups in total. The van der Waals surface area contributed by atoms with Gasteiger partial charge in [0.15, 0.2) is 0 Å². The lowest BCUT2D eigenvalue weighted by atomic mass is 10.1. The van der Waals surface area contributed by atoms with E-state index in [-0.39, 0.29) is 36.9 Å². The molecule has 0 aromatic heterocycles. The van der Waals surface area contributed by atoms with Gasteiger partial charge in [0, 0.05) is 19.6 Å². The molecule has 0 aliphatic carbocycles. The summed E-state index contributed by atoms with van der Waals surface area (Å²) in [4.78, 5) is 37.5. The molecule has 7 heteroatoms. The highest BCUT2D eigenvalue weighted by atomic mass is 16.5. The van der Waals surface area contributed by atoms with Crippen LogP contribution in [0.1, 0.15) is 33.6 Å². The molecule has 3 rings (SSSR count). The Morgan fingerprint density at radius 3 is 2.43 bits per heavy atom. The molecule has 3 amide bonds. The normalized spacial score (nSPS) is 23.3. The van der Waals surface area contributed by atoms with Crippen molar-refractivity contribution in [1.29, 1.82) is 0 Å². The molecule has 2 heterocycles. The van der Waals surface area contributed by atoms with Gasteiger partial charge in [-0.05, 0) is 25.0 Å². The van der Waals surface area contributed by atoms with Gasteiger partial charge in [0.1, 0.15) is 6.10 Å². The van der Waals surface area contributed by atoms with Crippen molar-refractivity contribution in [2.75, 3.05) is 19.6 Å². The van der Waals surface area contributed by atoms with Crippen LogP contribution in [0.3, 0.4) is 0 Å². The van der Waals surface area contributed by atoms with E-state index in [0.29, 0.717) is 24.1 Å². The van der Waals surface area contributed by atoms with E-state index in [0.717, 1.165) is 11.3 Å². The van der Waals surface area contributed by atoms with E-state index < -0.39 is 6.10 Å². The molecule has 1 fully saturated rings. The number of fused-ring (bicyclic) bond motifs is 1. The molecule has 23 heavy (non-hydrogen) atoms. The Kier molecular flexibility index (Phi) is 4.40. The maximum absolute atomic E-state index is 12.2. The molecule has 0 saturated carbocycles. The van der Waals surface area contributed by atoms with Crippen LogP contribution < -0.4 is 11.1 Å². The largest absolute Gasteiger partial charge is 0.364 e. The standard InChI is InChI=1S/C16H19N3O4/c17-9-10-5-6-13(23-10)14(20)18-7-8-19-15(21)11-3-1-2-4-12(11)16(19)22/h1-4,10,13H,5-9,17H2,(H,18,20)/t10-,13+/m1/s1. The first-order valence-electron chi connectivity index (χ1n) is 7.70. The first kappa shape index (κ1) is 15.6. The Balaban J connectivity index is 1.51. The molecule has 2 aliphatic rings. The average Bonchev–Trinajstić information content (AvgIpc) is 3.14. The quantitative estimate of drug-likeness (QED) is 0.739. The van der Waals surface area contributed by atoms with Gasteiger partial charge in [0.05, 0.1) is 17.2 Å². The summed E-state index contributed by atoms with van der Waals surface area (Å²) in [7, 11) is 0. The molecule has 122 valence electrons. The Labute approximate surface area is 133 Å². The maximum atomic E-state index is 12.2. The zero-order valence-electron chi connectivity index (χ0n) is 12.7. The summed E-state index contributed by atoms with van der Waals surface area (Å²) >= 11 is 0. The summed E-state index contributed by atoms with van der Waals surface area (Å²) in [6.07, 6.45) is 0.848. The van der Waals surface area contributed by atoms with Crippen molar-refractivity contribution >= 4 is 17.7 Å². The van der Waals surface area contributed by atoms with E-state index in [1.54, 1.807) is 24.3 Å². The Morgan fingerprint density at radius 2 is 1.87 bits per heavy atom. The number of imide groups is 1. The predicted molar refractivity (Wildman–Crippen MR) is 81.8 cm³/mol. The van der Waals surface area contributed by atoms with Crippen LogP contribution in [0.5, 0.6) is 0 Å². The topological polar surface area (TPSA) is 102 Å². The van der Waals surface area contributed by atoms with Gasteiger partial charge < -0.3 is 15.8 Å². The number of carbonyl (C=O) groups is 3. The van der Waals surface area contributed by atoms with E-state index in [1.165, 1.54) is 0 Å². The zero-order valence-corrected chi connectivity index (χ0v) is 12.7. The van der Waals surface area contributed by atoms with Crippen LogP contribution in [0.15, 0.2) is 24.3 Å². The van der Waals surface area contributed by atoms with Crippen molar-refractivity contribution in [3.63, 3.8) is 0 Å². The summed E-state index contributed by atoms with van der Waals surface area (Å²) in [5.74, 6) is -0.863. The van der Waals surface area contributed by atoms with Gasteiger partial charge in [-0.2, -0.15) is 0 Å². The third-order valence-corrected chi connectivity index (χ3v) is 4.18. The summed E-state index contributed by atoms with van der Waals surface area (Å²) < 4.78 is 5.50. The molecule has 1 aromatic rings. The average molecular weight is 317 g/mol. The second-order valence-electron chi connectivity index (χ2n) is 5.66. The Morgan fingerprint density at radius 1 is 1.22 bits per heavy atom. The number of ether oxygens (including phenoxy) is 1. The fourth-order valence-electron chi connectivity index (χ4n) is 2.92. The molecule has 7 nitrogen and oxygen atoms in total. The summed E-state index contributed by atoms with van der Waals surface area (Å²) in [5.41, 5.74) is 6.33. The summed E-state index contributed by atoms with van der Waals surface area (Å²) in [6, 6.07) is 6.71. The van der Waals surface area contributed by atoms with Gasteiger partial charge in [-0.3, -0.25) is 19.3 Å². The van der Waals surface area contributed by atoms with Gasteiger partial charge in [-0.15, -0.1) is 0 Å². The van der Waals surface area contributed by atoms with Crippen LogP contribution in [0.4, 0.5) is 0 Å². The fraction of sp³-hybridized carbons (Fsp3) is 0.438. The van der Waals surface area contributed by atoms with Crippen LogP contribution in [-0.4, -0.2) is 54.5 Å². The van der Waals surface area contributed by atoms with Crippen molar-refractivity contribution in [1.82, 2.24) is 10.2 Å². The fourth-order valence-corrected chi connectivity index (χ4v) is 2.92. The lowest BCUT2D eigenvalue weighted by Gasteiger charge is -2.16. The van der Waals surface area contributed by atoms with Crippen molar-refractivity contribution in [2.24, 2.45) is 5.73 Å². The lowest BCUT2D eigenvalue weighted by Crippen LogP contribution is -2.41. The Bertz CT molecular complexity index is 611. The van der Waals surface area contributed by atoms with Gasteiger partial charge in [-0.1, -0.05) is 12.1 Å². The molecular weight excluding hydrogens is 298 g/mol. The van der Waals surface area contributed by atoms with Crippen LogP contribution in [-0.2, 0) is 9.53 Å². The highest BCUT2D eigenvalue weighted by molar-refractivity contribution is 6.21. The lowest BCUT2D eigenvalue weighted by molar-refractivity contribution is -0.131. The first-order valence-corrected chi connectivity index (χ1v) is 7.70. The van der Waals surface area contributed by atoms with Crippen molar-refractivity contribution < 1.29 is 19.1 Å². The number of amides is 3. The number of hydrogen-bond acceptors (Lipinski definition) is 5. The zero-order chi connectivity index (χ0) is 16.4. The SMILES string of the molecule is NC[C@H]1CC[C@@H](C(=O)NCCN2C(=O)c3ccccc3C2=O)O1. The van der Waals surface area contributed by atoms with Crippen LogP contribution in [0.25, 0.3) is 0 Å². The molecule has 0 unspecified atom stereocenters. The van der Waals surface area contributed by atoms with Crippen LogP contribution in [0, 0.1) is 0 Å². The van der Waals surface area contributed by atoms with E-state index in [2.05, 4.69) is 5.32 Å². The predicted octanol–water partition coefficient (Wildman–Crippen LogP) is -0.0949. The minimum atomic E-state index is -0.495. The number of benzene rings is 1. The molecule has 1 saturated heterocycles. The minimum absolute atomic E-state index is 0.0676. The van der Waals surface area contributed by atoms with E-state index >= 15 is 0 Å². The van der Waals surface area contributed by atoms with E-state index in [4.69, 9.17) is 10.5 Å². The number of nitrogens with two attached hydrogens (primary N) is 1. The van der Waals surface area contributed by atoms with Crippen LogP contribution in [0.2, 0.25) is 0 Å². The molecule has 0 bridgehead atoms. The smallest absolute Gasteiger partial charge is 0.261 e. The van der Waals surface area contributed by atoms with Gasteiger partial charge in [0.2, 0.25) is 5.91 Å². The molecule has 0 spiro atoms. The summed E-state index contributed by atoms with van der Waals surface area (Å²) in [6.45, 7) is 0.751. The Hall–Kier alpha value is -2.25.